The van der Waals surface area contributed by atoms with Crippen LogP contribution in [0, 0.1) is 18.2 Å². The van der Waals surface area contributed by atoms with E-state index in [4.69, 9.17) is 15.3 Å². The normalized spacial score (nSPS) is 15.9. The van der Waals surface area contributed by atoms with Crippen LogP contribution in [-0.2, 0) is 25.3 Å². The third kappa shape index (κ3) is 6.22. The van der Waals surface area contributed by atoms with Crippen LogP contribution in [0.3, 0.4) is 0 Å². The monoisotopic (exact) mass is 487 g/mol. The number of nitrogens with zero attached hydrogens (tertiary/aromatic N) is 1. The van der Waals surface area contributed by atoms with Crippen molar-refractivity contribution in [2.75, 3.05) is 31.6 Å². The van der Waals surface area contributed by atoms with Gasteiger partial charge >= 0.3 is 5.97 Å². The summed E-state index contributed by atoms with van der Waals surface area (Å²) < 4.78 is 33.5. The first-order chi connectivity index (χ1) is 16.2. The molecule has 2 aromatic rings. The minimum atomic E-state index is -1.44. The lowest BCUT2D eigenvalue weighted by Crippen LogP contribution is -2.37. The van der Waals surface area contributed by atoms with Gasteiger partial charge in [-0.15, -0.1) is 0 Å². The summed E-state index contributed by atoms with van der Waals surface area (Å²) in [7, 11) is -1.44. The van der Waals surface area contributed by atoms with Crippen LogP contribution in [0.1, 0.15) is 24.5 Å². The van der Waals surface area contributed by atoms with Crippen molar-refractivity contribution in [3.8, 4) is 0 Å². The van der Waals surface area contributed by atoms with E-state index in [1.807, 2.05) is 6.92 Å². The molecule has 8 nitrogen and oxygen atoms in total. The predicted octanol–water partition coefficient (Wildman–Crippen LogP) is 3.40. The number of ether oxygens (including phenoxy) is 1. The first-order valence-corrected chi connectivity index (χ1v) is 11.7. The topological polar surface area (TPSA) is 120 Å². The number of hydrogen-bond donors (Lipinski definition) is 3. The average Bonchev–Trinajstić information content (AvgIpc) is 2.80. The van der Waals surface area contributed by atoms with E-state index < -0.39 is 35.1 Å². The fourth-order valence-electron chi connectivity index (χ4n) is 3.53. The van der Waals surface area contributed by atoms with E-state index in [0.29, 0.717) is 48.0 Å². The zero-order chi connectivity index (χ0) is 24.8. The fourth-order valence-corrected chi connectivity index (χ4v) is 4.86. The number of carboxylic acid groups (broad SMARTS) is 1. The minimum absolute atomic E-state index is 0.120. The minimum Gasteiger partial charge on any atom is -0.481 e. The van der Waals surface area contributed by atoms with Crippen LogP contribution in [0.2, 0.25) is 0 Å². The summed E-state index contributed by atoms with van der Waals surface area (Å²) >= 11 is 0. The molecule has 0 aliphatic carbocycles. The van der Waals surface area contributed by atoms with Gasteiger partial charge in [0.15, 0.2) is 0 Å². The Balaban J connectivity index is 1.92. The Morgan fingerprint density at radius 1 is 1.18 bits per heavy atom. The third-order valence-electron chi connectivity index (χ3n) is 5.35. The van der Waals surface area contributed by atoms with Crippen LogP contribution >= 0.6 is 0 Å². The highest BCUT2D eigenvalue weighted by molar-refractivity contribution is 7.82. The Kier molecular flexibility index (Phi) is 8.43. The van der Waals surface area contributed by atoms with Crippen molar-refractivity contribution >= 4 is 39.8 Å². The molecule has 34 heavy (non-hydrogen) atoms. The molecule has 0 bridgehead atoms. The maximum Gasteiger partial charge on any atom is 0.309 e. The zero-order valence-electron chi connectivity index (χ0n) is 18.9. The summed E-state index contributed by atoms with van der Waals surface area (Å²) in [4.78, 5) is 25.0. The van der Waals surface area contributed by atoms with Crippen LogP contribution in [0.4, 0.5) is 10.1 Å². The Labute approximate surface area is 199 Å². The maximum absolute atomic E-state index is 13.3. The molecule has 1 fully saturated rings. The number of anilines is 1. The van der Waals surface area contributed by atoms with Gasteiger partial charge in [0.25, 0.3) is 5.91 Å². The summed E-state index contributed by atoms with van der Waals surface area (Å²) in [5, 5.41) is 20.1. The maximum atomic E-state index is 13.3. The van der Waals surface area contributed by atoms with Crippen molar-refractivity contribution in [1.29, 1.82) is 5.41 Å². The van der Waals surface area contributed by atoms with Gasteiger partial charge in [-0.2, -0.15) is 0 Å². The molecule has 1 aliphatic rings. The second-order valence-electron chi connectivity index (χ2n) is 7.78. The molecule has 3 N–H and O–H groups in total. The predicted molar refractivity (Wildman–Crippen MR) is 128 cm³/mol. The molecule has 1 heterocycles. The van der Waals surface area contributed by atoms with E-state index in [9.17, 15) is 18.2 Å². The fraction of sp³-hybridized carbons (Fsp3) is 0.292. The molecule has 1 amide bonds. The summed E-state index contributed by atoms with van der Waals surface area (Å²) in [5.74, 6) is -2.38. The van der Waals surface area contributed by atoms with E-state index in [1.165, 1.54) is 24.3 Å². The third-order valence-corrected chi connectivity index (χ3v) is 7.00. The van der Waals surface area contributed by atoms with Gasteiger partial charge in [0.1, 0.15) is 16.8 Å². The number of hydrogen-bond acceptors (Lipinski definition) is 5. The molecule has 0 aromatic heterocycles. The van der Waals surface area contributed by atoms with Crippen LogP contribution in [0.5, 0.6) is 0 Å². The van der Waals surface area contributed by atoms with Gasteiger partial charge < -0.3 is 20.6 Å². The molecule has 1 aliphatic heterocycles. The van der Waals surface area contributed by atoms with E-state index in [2.05, 4.69) is 5.32 Å². The number of aryl methyl sites for hydroxylation is 1. The molecule has 3 rings (SSSR count). The Morgan fingerprint density at radius 2 is 1.82 bits per heavy atom. The summed E-state index contributed by atoms with van der Waals surface area (Å²) in [6.07, 6.45) is -0.651. The number of carbonyl (C=O) groups excluding carboxylic acids is 1. The van der Waals surface area contributed by atoms with Crippen LogP contribution in [0.15, 0.2) is 52.9 Å². The molecule has 1 saturated heterocycles. The number of morpholine rings is 1. The number of nitrogens with one attached hydrogen (secondary N) is 2. The standard InChI is InChI=1S/C24H26FN3O5S/c1-15-3-8-19(13-21(15)34(32)28-9-11-33-12-10-28)27-24(31)23(20(26)14-22(29)30)16(2)17-4-6-18(25)7-5-17/h3-8,13,26H,9-12,14H2,1-2H3,(H,27,31)(H,29,30)/b23-16-,26-20?. The van der Waals surface area contributed by atoms with Gasteiger partial charge in [0.05, 0.1) is 35.8 Å². The van der Waals surface area contributed by atoms with E-state index in [-0.39, 0.29) is 11.3 Å². The number of carbonyl (C=O) groups is 2. The Bertz CT molecular complexity index is 1160. The Morgan fingerprint density at radius 3 is 2.44 bits per heavy atom. The molecule has 0 saturated carbocycles. The van der Waals surface area contributed by atoms with Crippen molar-refractivity contribution in [2.45, 2.75) is 25.2 Å². The summed E-state index contributed by atoms with van der Waals surface area (Å²) in [5.41, 5.74) is 1.48. The zero-order valence-corrected chi connectivity index (χ0v) is 19.7. The first-order valence-electron chi connectivity index (χ1n) is 10.6. The van der Waals surface area contributed by atoms with Gasteiger partial charge in [0.2, 0.25) is 0 Å². The number of benzene rings is 2. The number of allylic oxidation sites excluding steroid dienone is 1. The number of rotatable bonds is 8. The van der Waals surface area contributed by atoms with Crippen molar-refractivity contribution in [1.82, 2.24) is 4.31 Å². The number of halogens is 1. The van der Waals surface area contributed by atoms with Gasteiger partial charge in [-0.3, -0.25) is 9.59 Å². The second kappa shape index (κ2) is 11.3. The number of amides is 1. The molecule has 180 valence electrons. The van der Waals surface area contributed by atoms with E-state index in [0.717, 1.165) is 5.56 Å². The molecule has 2 aromatic carbocycles. The molecule has 0 spiro atoms. The molecule has 10 heteroatoms. The van der Waals surface area contributed by atoms with Crippen molar-refractivity contribution < 1.29 is 28.0 Å². The molecular formula is C24H26FN3O5S. The Hall–Kier alpha value is -3.21. The van der Waals surface area contributed by atoms with Crippen molar-refractivity contribution in [3.05, 3.63) is 65.0 Å². The molecule has 1 atom stereocenters. The van der Waals surface area contributed by atoms with Crippen molar-refractivity contribution in [3.63, 3.8) is 0 Å². The van der Waals surface area contributed by atoms with E-state index in [1.54, 1.807) is 29.4 Å². The van der Waals surface area contributed by atoms with Crippen LogP contribution < -0.4 is 5.32 Å². The largest absolute Gasteiger partial charge is 0.481 e. The molecular weight excluding hydrogens is 461 g/mol. The van der Waals surface area contributed by atoms with Gasteiger partial charge in [-0.25, -0.2) is 12.9 Å². The van der Waals surface area contributed by atoms with Crippen LogP contribution in [-0.4, -0.2) is 57.5 Å². The highest BCUT2D eigenvalue weighted by atomic mass is 32.2. The van der Waals surface area contributed by atoms with Crippen molar-refractivity contribution in [2.24, 2.45) is 0 Å². The highest BCUT2D eigenvalue weighted by Crippen LogP contribution is 2.25. The lowest BCUT2D eigenvalue weighted by molar-refractivity contribution is -0.135. The lowest BCUT2D eigenvalue weighted by atomic mass is 9.95. The number of carboxylic acids is 1. The van der Waals surface area contributed by atoms with Gasteiger partial charge in [0, 0.05) is 18.8 Å². The van der Waals surface area contributed by atoms with Gasteiger partial charge in [-0.1, -0.05) is 18.2 Å². The summed E-state index contributed by atoms with van der Waals surface area (Å²) in [6.45, 7) is 5.43. The quantitative estimate of drug-likeness (QED) is 0.389. The van der Waals surface area contributed by atoms with Gasteiger partial charge in [-0.05, 0) is 54.8 Å². The molecule has 1 unspecified atom stereocenters. The average molecular weight is 488 g/mol. The number of aliphatic carboxylic acids is 1. The van der Waals surface area contributed by atoms with Crippen LogP contribution in [0.25, 0.3) is 5.57 Å². The summed E-state index contributed by atoms with van der Waals surface area (Å²) in [6, 6.07) is 10.4. The SMILES string of the molecule is C/C(=C(\C(=N)CC(=O)O)C(=O)Nc1ccc(C)c(S(=O)N2CCOCC2)c1)c1ccc(F)cc1. The first kappa shape index (κ1) is 25.4. The second-order valence-corrected chi connectivity index (χ2v) is 9.24. The van der Waals surface area contributed by atoms with E-state index >= 15 is 0 Å². The smallest absolute Gasteiger partial charge is 0.309 e. The highest BCUT2D eigenvalue weighted by Gasteiger charge is 2.23. The lowest BCUT2D eigenvalue weighted by Gasteiger charge is -2.26. The molecule has 0 radical (unpaired) electrons.